The van der Waals surface area contributed by atoms with Crippen LogP contribution in [0.1, 0.15) is 75.0 Å². The first-order chi connectivity index (χ1) is 11.1. The van der Waals surface area contributed by atoms with Gasteiger partial charge in [-0.2, -0.15) is 0 Å². The van der Waals surface area contributed by atoms with Crippen LogP contribution >= 0.6 is 0 Å². The van der Waals surface area contributed by atoms with Gasteiger partial charge in [-0.25, -0.2) is 0 Å². The van der Waals surface area contributed by atoms with Gasteiger partial charge in [0.25, 0.3) is 0 Å². The van der Waals surface area contributed by atoms with Crippen LogP contribution in [-0.4, -0.2) is 5.78 Å². The Balaban J connectivity index is 1.65. The fourth-order valence-electron chi connectivity index (χ4n) is 5.73. The number of benzene rings is 1. The van der Waals surface area contributed by atoms with Crippen LogP contribution in [0.3, 0.4) is 0 Å². The Bertz CT molecular complexity index is 656. The van der Waals surface area contributed by atoms with Crippen LogP contribution in [0.25, 0.3) is 6.08 Å². The number of carbonyl (C=O) groups excluding carboxylic acids is 1. The average molecular weight is 308 g/mol. The molecule has 0 bridgehead atoms. The lowest BCUT2D eigenvalue weighted by atomic mass is 9.55. The quantitative estimate of drug-likeness (QED) is 0.701. The molecule has 0 N–H and O–H groups in total. The molecule has 0 unspecified atom stereocenters. The van der Waals surface area contributed by atoms with Crippen molar-refractivity contribution < 1.29 is 4.79 Å². The summed E-state index contributed by atoms with van der Waals surface area (Å²) in [7, 11) is 0. The summed E-state index contributed by atoms with van der Waals surface area (Å²) in [6.07, 6.45) is 12.4. The first kappa shape index (κ1) is 15.2. The summed E-state index contributed by atoms with van der Waals surface area (Å²) >= 11 is 0. The maximum Gasteiger partial charge on any atom is 0.139 e. The third kappa shape index (κ3) is 2.31. The maximum atomic E-state index is 12.4. The minimum atomic E-state index is 0.00245. The molecule has 2 fully saturated rings. The Morgan fingerprint density at radius 2 is 2.09 bits per heavy atom. The van der Waals surface area contributed by atoms with E-state index in [1.165, 1.54) is 24.8 Å². The molecule has 23 heavy (non-hydrogen) atoms. The van der Waals surface area contributed by atoms with E-state index in [1.54, 1.807) is 11.1 Å². The molecule has 0 aliphatic heterocycles. The minimum Gasteiger partial charge on any atom is -0.299 e. The zero-order chi connectivity index (χ0) is 16.0. The lowest BCUT2D eigenvalue weighted by Gasteiger charge is -2.48. The van der Waals surface area contributed by atoms with Crippen molar-refractivity contribution in [3.63, 3.8) is 0 Å². The fourth-order valence-corrected chi connectivity index (χ4v) is 5.73. The summed E-state index contributed by atoms with van der Waals surface area (Å²) in [5.41, 5.74) is 4.51. The van der Waals surface area contributed by atoms with Gasteiger partial charge >= 0.3 is 0 Å². The van der Waals surface area contributed by atoms with Gasteiger partial charge in [-0.3, -0.25) is 4.79 Å². The number of Topliss-reactive ketones (excluding diaryl/α,β-unsaturated/α-hetero) is 1. The second-order valence-corrected chi connectivity index (χ2v) is 8.10. The molecular formula is C22H28O. The summed E-state index contributed by atoms with van der Waals surface area (Å²) < 4.78 is 0. The molecule has 4 atom stereocenters. The molecule has 1 aromatic rings. The number of aryl methyl sites for hydroxylation is 1. The highest BCUT2D eigenvalue weighted by Crippen LogP contribution is 2.59. The summed E-state index contributed by atoms with van der Waals surface area (Å²) in [6.45, 7) is 4.44. The van der Waals surface area contributed by atoms with E-state index in [0.717, 1.165) is 31.6 Å². The highest BCUT2D eigenvalue weighted by atomic mass is 16.1. The van der Waals surface area contributed by atoms with Gasteiger partial charge in [0.1, 0.15) is 5.78 Å². The molecule has 0 spiro atoms. The van der Waals surface area contributed by atoms with E-state index in [9.17, 15) is 4.79 Å². The van der Waals surface area contributed by atoms with Crippen molar-refractivity contribution in [1.29, 1.82) is 0 Å². The third-order valence-electron chi connectivity index (χ3n) is 7.01. The Kier molecular flexibility index (Phi) is 3.70. The highest BCUT2D eigenvalue weighted by molar-refractivity contribution is 5.87. The molecule has 1 heteroatoms. The van der Waals surface area contributed by atoms with Crippen molar-refractivity contribution in [2.45, 2.75) is 64.7 Å². The first-order valence-corrected chi connectivity index (χ1v) is 9.46. The Morgan fingerprint density at radius 3 is 2.91 bits per heavy atom. The van der Waals surface area contributed by atoms with E-state index >= 15 is 0 Å². The van der Waals surface area contributed by atoms with E-state index < -0.39 is 0 Å². The zero-order valence-corrected chi connectivity index (χ0v) is 14.5. The second-order valence-electron chi connectivity index (χ2n) is 8.10. The van der Waals surface area contributed by atoms with E-state index in [2.05, 4.69) is 44.2 Å². The molecule has 3 aliphatic carbocycles. The van der Waals surface area contributed by atoms with Gasteiger partial charge in [-0.1, -0.05) is 44.2 Å². The normalized spacial score (nSPS) is 35.9. The molecule has 0 aromatic heterocycles. The van der Waals surface area contributed by atoms with Crippen LogP contribution in [0.5, 0.6) is 0 Å². The number of ketones is 1. The maximum absolute atomic E-state index is 12.4. The van der Waals surface area contributed by atoms with Crippen molar-refractivity contribution >= 4 is 11.9 Å². The number of allylic oxidation sites excluding steroid dienone is 1. The Hall–Kier alpha value is -1.37. The van der Waals surface area contributed by atoms with E-state index in [-0.39, 0.29) is 5.41 Å². The van der Waals surface area contributed by atoms with Gasteiger partial charge in [0.2, 0.25) is 0 Å². The fraction of sp³-hybridized carbons (Fsp3) is 0.591. The predicted molar refractivity (Wildman–Crippen MR) is 95.4 cm³/mol. The van der Waals surface area contributed by atoms with Gasteiger partial charge < -0.3 is 0 Å². The van der Waals surface area contributed by atoms with E-state index in [0.29, 0.717) is 17.6 Å². The van der Waals surface area contributed by atoms with Crippen molar-refractivity contribution in [2.75, 3.05) is 0 Å². The number of fused-ring (bicyclic) bond motifs is 5. The monoisotopic (exact) mass is 308 g/mol. The van der Waals surface area contributed by atoms with Crippen LogP contribution < -0.4 is 0 Å². The van der Waals surface area contributed by atoms with Gasteiger partial charge in [0.05, 0.1) is 0 Å². The molecule has 2 saturated carbocycles. The first-order valence-electron chi connectivity index (χ1n) is 9.46. The van der Waals surface area contributed by atoms with Crippen LogP contribution in [0.15, 0.2) is 24.3 Å². The second kappa shape index (κ2) is 5.61. The lowest BCUT2D eigenvalue weighted by molar-refractivity contribution is -0.129. The molecule has 0 heterocycles. The molecule has 0 radical (unpaired) electrons. The van der Waals surface area contributed by atoms with Crippen LogP contribution in [0, 0.1) is 17.3 Å². The lowest BCUT2D eigenvalue weighted by Crippen LogP contribution is -2.42. The average Bonchev–Trinajstić information content (AvgIpc) is 2.88. The van der Waals surface area contributed by atoms with Gasteiger partial charge in [-0.15, -0.1) is 0 Å². The molecule has 1 aromatic carbocycles. The van der Waals surface area contributed by atoms with E-state index in [4.69, 9.17) is 0 Å². The molecule has 1 nitrogen and oxygen atoms in total. The minimum absolute atomic E-state index is 0.00245. The molecule has 0 saturated heterocycles. The molecule has 0 amide bonds. The smallest absolute Gasteiger partial charge is 0.139 e. The summed E-state index contributed by atoms with van der Waals surface area (Å²) in [6, 6.07) is 7.09. The van der Waals surface area contributed by atoms with Gasteiger partial charge in [0, 0.05) is 11.8 Å². The van der Waals surface area contributed by atoms with Gasteiger partial charge in [0.15, 0.2) is 0 Å². The van der Waals surface area contributed by atoms with Crippen LogP contribution in [-0.2, 0) is 11.2 Å². The number of hydrogen-bond donors (Lipinski definition) is 0. The molecule has 3 aliphatic rings. The molecule has 4 rings (SSSR count). The SMILES string of the molecule is CC/C=C/c1ccc2c(c1)CC[C@@H]1[C@@H]2CC[C@]2(C)C(=O)CC[C@@H]12. The number of hydrogen-bond acceptors (Lipinski definition) is 1. The van der Waals surface area contributed by atoms with Crippen LogP contribution in [0.2, 0.25) is 0 Å². The largest absolute Gasteiger partial charge is 0.299 e. The van der Waals surface area contributed by atoms with E-state index in [1.807, 2.05) is 0 Å². The Morgan fingerprint density at radius 1 is 1.22 bits per heavy atom. The van der Waals surface area contributed by atoms with Crippen molar-refractivity contribution in [3.05, 3.63) is 41.0 Å². The number of carbonyl (C=O) groups is 1. The summed E-state index contributed by atoms with van der Waals surface area (Å²) in [4.78, 5) is 12.4. The third-order valence-corrected chi connectivity index (χ3v) is 7.01. The van der Waals surface area contributed by atoms with Gasteiger partial charge in [-0.05, 0) is 73.0 Å². The summed E-state index contributed by atoms with van der Waals surface area (Å²) in [5, 5.41) is 0. The predicted octanol–water partition coefficient (Wildman–Crippen LogP) is 5.54. The van der Waals surface area contributed by atoms with Crippen molar-refractivity contribution in [1.82, 2.24) is 0 Å². The molecule has 122 valence electrons. The molecular weight excluding hydrogens is 280 g/mol. The Labute approximate surface area is 140 Å². The van der Waals surface area contributed by atoms with Crippen molar-refractivity contribution in [2.24, 2.45) is 17.3 Å². The highest BCUT2D eigenvalue weighted by Gasteiger charge is 2.54. The van der Waals surface area contributed by atoms with Crippen molar-refractivity contribution in [3.8, 4) is 0 Å². The summed E-state index contributed by atoms with van der Waals surface area (Å²) in [5.74, 6) is 2.63. The topological polar surface area (TPSA) is 17.1 Å². The van der Waals surface area contributed by atoms with Crippen LogP contribution in [0.4, 0.5) is 0 Å². The standard InChI is InChI=1S/C22H28O/c1-3-4-5-15-6-8-17-16(14-15)7-9-19-18(17)12-13-22(2)20(19)10-11-21(22)23/h4-6,8,14,18-20H,3,7,9-13H2,1-2H3/b5-4+/t18-,19-,20+,22+/m1/s1. The zero-order valence-electron chi connectivity index (χ0n) is 14.5. The number of rotatable bonds is 2.